The fourth-order valence-corrected chi connectivity index (χ4v) is 9.90. The summed E-state index contributed by atoms with van der Waals surface area (Å²) in [5.74, 6) is -0.180. The molecular weight excluding hydrogens is 859 g/mol. The number of aromatic nitrogens is 6. The molecule has 9 rings (SSSR count). The smallest absolute Gasteiger partial charge is 0.415 e. The van der Waals surface area contributed by atoms with Gasteiger partial charge in [0, 0.05) is 64.9 Å². The number of aromatic amines is 1. The quantitative estimate of drug-likeness (QED) is 0.0820. The lowest BCUT2D eigenvalue weighted by atomic mass is 9.87. The van der Waals surface area contributed by atoms with Crippen LogP contribution in [0.2, 0.25) is 0 Å². The first-order valence-corrected chi connectivity index (χ1v) is 22.6. The molecule has 1 fully saturated rings. The van der Waals surface area contributed by atoms with E-state index in [1.807, 2.05) is 51.2 Å². The summed E-state index contributed by atoms with van der Waals surface area (Å²) in [6, 6.07) is 17.5. The van der Waals surface area contributed by atoms with E-state index < -0.39 is 35.5 Å². The SMILES string of the molecule is CCc1c2c(nc3ccc(OC(=O)N4CCC(CCn5ccc6cc(-n7c(-c8cc(C(C)C)c(O)cc8O)n[nH]c7=O)ccc65)CC4)cc13)-c1cc([C@@](O)(CC)C(=O)OC)c(CO)c(=O)n1C2. The lowest BCUT2D eigenvalue weighted by Crippen LogP contribution is -2.40. The second kappa shape index (κ2) is 17.5. The number of methoxy groups -OCH3 is 1. The standard InChI is InChI=1S/C50H53N7O10/c1-6-32-34-21-31(9-10-39(34)51-44-36(32)25-56-41(44)23-38(37(26-58)46(56)61)50(65,7-2)47(62)66-5)67-49(64)55-17-13-28(14-18-55)12-16-54-19-15-29-20-30(8-11-40(29)54)57-45(52-53-48(57)63)35-22-33(27(3)4)42(59)24-43(35)60/h8-11,15,19-24,27-28,58-60,65H,6-7,12-14,16-18,25-26H2,1-5H3,(H,53,63)/t50-/m0/s1. The maximum absolute atomic E-state index is 13.8. The molecule has 1 saturated heterocycles. The van der Waals surface area contributed by atoms with Crippen LogP contribution in [0.5, 0.6) is 17.2 Å². The van der Waals surface area contributed by atoms with Crippen LogP contribution in [0, 0.1) is 5.92 Å². The summed E-state index contributed by atoms with van der Waals surface area (Å²) >= 11 is 0. The number of amides is 1. The highest BCUT2D eigenvalue weighted by molar-refractivity contribution is 5.90. The fraction of sp³-hybridized carbons (Fsp3) is 0.360. The number of hydrogen-bond donors (Lipinski definition) is 5. The Morgan fingerprint density at radius 1 is 0.970 bits per heavy atom. The number of likely N-dealkylation sites (tertiary alicyclic amines) is 1. The minimum absolute atomic E-state index is 0.0112. The minimum atomic E-state index is -2.14. The van der Waals surface area contributed by atoms with Crippen molar-refractivity contribution in [1.82, 2.24) is 33.8 Å². The van der Waals surface area contributed by atoms with Crippen LogP contribution in [-0.4, -0.2) is 86.5 Å². The zero-order valence-electron chi connectivity index (χ0n) is 38.0. The number of aliphatic hydroxyl groups excluding tert-OH is 1. The summed E-state index contributed by atoms with van der Waals surface area (Å²) in [6.45, 7) is 8.80. The number of esters is 1. The van der Waals surface area contributed by atoms with Gasteiger partial charge in [0.2, 0.25) is 0 Å². The van der Waals surface area contributed by atoms with E-state index >= 15 is 0 Å². The number of nitrogens with one attached hydrogen (secondary N) is 1. The maximum atomic E-state index is 13.8. The predicted molar refractivity (Wildman–Crippen MR) is 250 cm³/mol. The highest BCUT2D eigenvalue weighted by atomic mass is 16.6. The van der Waals surface area contributed by atoms with Crippen molar-refractivity contribution >= 4 is 33.9 Å². The van der Waals surface area contributed by atoms with Gasteiger partial charge in [-0.25, -0.2) is 29.0 Å². The van der Waals surface area contributed by atoms with Crippen molar-refractivity contribution in [2.75, 3.05) is 20.2 Å². The number of nitrogens with zero attached hydrogens (tertiary/aromatic N) is 6. The maximum Gasteiger partial charge on any atom is 0.415 e. The first-order chi connectivity index (χ1) is 32.2. The van der Waals surface area contributed by atoms with Crippen molar-refractivity contribution in [3.05, 3.63) is 116 Å². The predicted octanol–water partition coefficient (Wildman–Crippen LogP) is 6.58. The molecule has 0 bridgehead atoms. The van der Waals surface area contributed by atoms with E-state index in [-0.39, 0.29) is 47.3 Å². The Bertz CT molecular complexity index is 3230. The Morgan fingerprint density at radius 3 is 2.45 bits per heavy atom. The summed E-state index contributed by atoms with van der Waals surface area (Å²) in [5, 5.41) is 51.2. The molecule has 7 aromatic rings. The molecule has 67 heavy (non-hydrogen) atoms. The van der Waals surface area contributed by atoms with Gasteiger partial charge in [-0.15, -0.1) is 0 Å². The average molecular weight is 912 g/mol. The Balaban J connectivity index is 0.858. The highest BCUT2D eigenvalue weighted by Gasteiger charge is 2.42. The van der Waals surface area contributed by atoms with E-state index in [4.69, 9.17) is 14.5 Å². The molecule has 348 valence electrons. The number of benzene rings is 3. The summed E-state index contributed by atoms with van der Waals surface area (Å²) in [4.78, 5) is 59.8. The Hall–Kier alpha value is -7.24. The minimum Gasteiger partial charge on any atom is -0.508 e. The molecule has 0 saturated carbocycles. The number of phenolic OH excluding ortho intramolecular Hbond substituents is 2. The number of piperidine rings is 1. The number of aromatic hydroxyl groups is 2. The number of hydrogen-bond acceptors (Lipinski definition) is 12. The molecule has 6 heterocycles. The molecule has 2 aliphatic heterocycles. The number of phenols is 2. The molecule has 0 unspecified atom stereocenters. The van der Waals surface area contributed by atoms with Gasteiger partial charge in [-0.05, 0) is 110 Å². The normalized spacial score (nSPS) is 14.7. The zero-order chi connectivity index (χ0) is 47.5. The molecule has 3 aromatic carbocycles. The summed E-state index contributed by atoms with van der Waals surface area (Å²) < 4.78 is 15.9. The van der Waals surface area contributed by atoms with Crippen LogP contribution in [0.25, 0.3) is 50.3 Å². The molecule has 4 aromatic heterocycles. The third kappa shape index (κ3) is 7.70. The molecule has 17 nitrogen and oxygen atoms in total. The highest BCUT2D eigenvalue weighted by Crippen LogP contribution is 2.41. The molecule has 0 radical (unpaired) electrons. The van der Waals surface area contributed by atoms with Gasteiger partial charge in [-0.2, -0.15) is 5.10 Å². The van der Waals surface area contributed by atoms with Crippen molar-refractivity contribution in [3.8, 4) is 45.7 Å². The topological polar surface area (TPSA) is 227 Å². The largest absolute Gasteiger partial charge is 0.508 e. The van der Waals surface area contributed by atoms with Gasteiger partial charge < -0.3 is 43.9 Å². The van der Waals surface area contributed by atoms with Crippen LogP contribution in [0.3, 0.4) is 0 Å². The van der Waals surface area contributed by atoms with Crippen molar-refractivity contribution in [2.24, 2.45) is 5.92 Å². The van der Waals surface area contributed by atoms with E-state index in [0.29, 0.717) is 64.9 Å². The summed E-state index contributed by atoms with van der Waals surface area (Å²) in [7, 11) is 1.16. The molecule has 5 N–H and O–H groups in total. The monoisotopic (exact) mass is 911 g/mol. The van der Waals surface area contributed by atoms with Gasteiger partial charge in [0.1, 0.15) is 17.2 Å². The molecule has 17 heteroatoms. The van der Waals surface area contributed by atoms with Crippen LogP contribution < -0.4 is 16.0 Å². The van der Waals surface area contributed by atoms with E-state index in [2.05, 4.69) is 14.8 Å². The van der Waals surface area contributed by atoms with Gasteiger partial charge in [-0.3, -0.25) is 4.79 Å². The van der Waals surface area contributed by atoms with Gasteiger partial charge in [0.25, 0.3) is 5.56 Å². The third-order valence-corrected chi connectivity index (χ3v) is 13.7. The van der Waals surface area contributed by atoms with E-state index in [9.17, 15) is 39.6 Å². The summed E-state index contributed by atoms with van der Waals surface area (Å²) in [6.07, 6.45) is 4.63. The number of carbonyl (C=O) groups is 2. The third-order valence-electron chi connectivity index (χ3n) is 13.7. The molecule has 1 atom stereocenters. The lowest BCUT2D eigenvalue weighted by Gasteiger charge is -2.31. The summed E-state index contributed by atoms with van der Waals surface area (Å²) in [5.41, 5.74) is 2.59. The van der Waals surface area contributed by atoms with E-state index in [1.165, 1.54) is 15.2 Å². The van der Waals surface area contributed by atoms with Crippen molar-refractivity contribution < 1.29 is 39.5 Å². The molecule has 0 spiro atoms. The van der Waals surface area contributed by atoms with Crippen LogP contribution in [0.15, 0.2) is 76.4 Å². The number of aliphatic hydroxyl groups is 2. The van der Waals surface area contributed by atoms with Crippen molar-refractivity contribution in [1.29, 1.82) is 0 Å². The number of H-pyrrole nitrogens is 1. The second-order valence-corrected chi connectivity index (χ2v) is 17.7. The molecule has 0 aliphatic carbocycles. The van der Waals surface area contributed by atoms with Crippen LogP contribution in [0.1, 0.15) is 87.1 Å². The Kier molecular flexibility index (Phi) is 11.8. The lowest BCUT2D eigenvalue weighted by molar-refractivity contribution is -0.164. The molecule has 2 aliphatic rings. The number of carbonyl (C=O) groups excluding carboxylic acids is 2. The first kappa shape index (κ1) is 44.9. The van der Waals surface area contributed by atoms with Gasteiger partial charge >= 0.3 is 17.8 Å². The number of rotatable bonds is 12. The van der Waals surface area contributed by atoms with Crippen molar-refractivity contribution in [3.63, 3.8) is 0 Å². The van der Waals surface area contributed by atoms with Crippen LogP contribution in [-0.2, 0) is 41.2 Å². The van der Waals surface area contributed by atoms with Gasteiger partial charge in [0.15, 0.2) is 11.4 Å². The molecular formula is C50H53N7O10. The Morgan fingerprint density at radius 2 is 1.75 bits per heavy atom. The average Bonchev–Trinajstić information content (AvgIpc) is 4.03. The van der Waals surface area contributed by atoms with Crippen LogP contribution >= 0.6 is 0 Å². The van der Waals surface area contributed by atoms with Crippen LogP contribution in [0.4, 0.5) is 4.79 Å². The number of ether oxygens (including phenoxy) is 2. The number of aryl methyl sites for hydroxylation is 2. The van der Waals surface area contributed by atoms with E-state index in [1.54, 1.807) is 42.2 Å². The fourth-order valence-electron chi connectivity index (χ4n) is 9.90. The van der Waals surface area contributed by atoms with Crippen molar-refractivity contribution in [2.45, 2.75) is 91.0 Å². The number of fused-ring (bicyclic) bond motifs is 5. The zero-order valence-corrected chi connectivity index (χ0v) is 38.0. The van der Waals surface area contributed by atoms with Gasteiger partial charge in [-0.1, -0.05) is 27.7 Å². The second-order valence-electron chi connectivity index (χ2n) is 17.7. The first-order valence-electron chi connectivity index (χ1n) is 22.6. The Labute approximate surface area is 384 Å². The van der Waals surface area contributed by atoms with E-state index in [0.717, 1.165) is 60.3 Å². The number of pyridine rings is 2. The van der Waals surface area contributed by atoms with Gasteiger partial charge in [0.05, 0.1) is 48.4 Å². The molecule has 1 amide bonds.